The molecule has 0 heterocycles. The standard InChI is InChI=1S/C20H30O4/c21-16-8-6-4-2-1-3-5-7-9-17-24-19-13-10-18(11-14-19)12-15-20(22)23/h10-15,21H,1-9,16-17H2,(H,22,23)/b15-12+. The number of hydrogen-bond acceptors (Lipinski definition) is 3. The van der Waals surface area contributed by atoms with Gasteiger partial charge < -0.3 is 14.9 Å². The Morgan fingerprint density at radius 2 is 1.42 bits per heavy atom. The van der Waals surface area contributed by atoms with E-state index in [2.05, 4.69) is 0 Å². The van der Waals surface area contributed by atoms with Crippen LogP contribution in [0.3, 0.4) is 0 Å². The summed E-state index contributed by atoms with van der Waals surface area (Å²) in [6, 6.07) is 7.44. The van der Waals surface area contributed by atoms with E-state index in [1.165, 1.54) is 38.5 Å². The molecule has 0 unspecified atom stereocenters. The van der Waals surface area contributed by atoms with Gasteiger partial charge in [0.25, 0.3) is 0 Å². The monoisotopic (exact) mass is 334 g/mol. The molecule has 2 N–H and O–H groups in total. The number of rotatable bonds is 14. The second-order valence-electron chi connectivity index (χ2n) is 5.99. The quantitative estimate of drug-likeness (QED) is 0.383. The van der Waals surface area contributed by atoms with Crippen LogP contribution in [0.1, 0.15) is 63.4 Å². The molecule has 4 nitrogen and oxygen atoms in total. The van der Waals surface area contributed by atoms with Crippen molar-refractivity contribution >= 4 is 12.0 Å². The van der Waals surface area contributed by atoms with Crippen molar-refractivity contribution in [3.8, 4) is 5.75 Å². The zero-order valence-electron chi connectivity index (χ0n) is 14.5. The third-order valence-corrected chi connectivity index (χ3v) is 3.87. The van der Waals surface area contributed by atoms with Crippen LogP contribution in [0, 0.1) is 0 Å². The average Bonchev–Trinajstić information content (AvgIpc) is 2.59. The summed E-state index contributed by atoms with van der Waals surface area (Å²) in [6.45, 7) is 1.04. The van der Waals surface area contributed by atoms with E-state index in [4.69, 9.17) is 14.9 Å². The molecule has 134 valence electrons. The third kappa shape index (κ3) is 10.8. The average molecular weight is 334 g/mol. The predicted molar refractivity (Wildman–Crippen MR) is 97.2 cm³/mol. The van der Waals surface area contributed by atoms with Gasteiger partial charge in [0, 0.05) is 12.7 Å². The van der Waals surface area contributed by atoms with E-state index in [1.54, 1.807) is 6.08 Å². The Bertz CT molecular complexity index is 465. The zero-order chi connectivity index (χ0) is 17.5. The summed E-state index contributed by atoms with van der Waals surface area (Å²) in [6.07, 6.45) is 13.4. The van der Waals surface area contributed by atoms with Gasteiger partial charge in [-0.05, 0) is 36.6 Å². The maximum absolute atomic E-state index is 10.4. The first-order chi connectivity index (χ1) is 11.7. The van der Waals surface area contributed by atoms with Gasteiger partial charge in [0.05, 0.1) is 6.61 Å². The van der Waals surface area contributed by atoms with Crippen molar-refractivity contribution in [1.82, 2.24) is 0 Å². The van der Waals surface area contributed by atoms with Crippen LogP contribution in [0.5, 0.6) is 5.75 Å². The lowest BCUT2D eigenvalue weighted by molar-refractivity contribution is -0.131. The summed E-state index contributed by atoms with van der Waals surface area (Å²) >= 11 is 0. The normalized spacial score (nSPS) is 11.0. The maximum atomic E-state index is 10.4. The minimum atomic E-state index is -0.944. The van der Waals surface area contributed by atoms with Crippen LogP contribution in [-0.4, -0.2) is 29.4 Å². The number of carboxylic acid groups (broad SMARTS) is 1. The zero-order valence-corrected chi connectivity index (χ0v) is 14.5. The minimum Gasteiger partial charge on any atom is -0.494 e. The molecule has 0 atom stereocenters. The number of benzene rings is 1. The Labute approximate surface area is 145 Å². The Morgan fingerprint density at radius 1 is 0.875 bits per heavy atom. The van der Waals surface area contributed by atoms with Gasteiger partial charge >= 0.3 is 5.97 Å². The summed E-state index contributed by atoms with van der Waals surface area (Å²) in [5.74, 6) is -0.119. The second kappa shape index (κ2) is 13.6. The SMILES string of the molecule is O=C(O)/C=C/c1ccc(OCCCCCCCCCCCO)cc1. The molecule has 0 aliphatic rings. The van der Waals surface area contributed by atoms with Crippen LogP contribution in [-0.2, 0) is 4.79 Å². The van der Waals surface area contributed by atoms with E-state index in [9.17, 15) is 4.79 Å². The van der Waals surface area contributed by atoms with Gasteiger partial charge in [-0.3, -0.25) is 0 Å². The lowest BCUT2D eigenvalue weighted by atomic mass is 10.1. The fourth-order valence-electron chi connectivity index (χ4n) is 2.48. The number of hydrogen-bond donors (Lipinski definition) is 2. The molecule has 0 bridgehead atoms. The third-order valence-electron chi connectivity index (χ3n) is 3.87. The van der Waals surface area contributed by atoms with Crippen LogP contribution in [0.2, 0.25) is 0 Å². The van der Waals surface area contributed by atoms with Crippen LogP contribution in [0.4, 0.5) is 0 Å². The van der Waals surface area contributed by atoms with Crippen LogP contribution < -0.4 is 4.74 Å². The van der Waals surface area contributed by atoms with Crippen molar-refractivity contribution < 1.29 is 19.7 Å². The van der Waals surface area contributed by atoms with E-state index in [-0.39, 0.29) is 0 Å². The summed E-state index contributed by atoms with van der Waals surface area (Å²) < 4.78 is 5.69. The number of aliphatic carboxylic acids is 1. The Hall–Kier alpha value is -1.81. The molecule has 1 aromatic carbocycles. The van der Waals surface area contributed by atoms with E-state index in [0.717, 1.165) is 43.3 Å². The van der Waals surface area contributed by atoms with Crippen LogP contribution >= 0.6 is 0 Å². The van der Waals surface area contributed by atoms with Crippen molar-refractivity contribution in [1.29, 1.82) is 0 Å². The fourth-order valence-corrected chi connectivity index (χ4v) is 2.48. The highest BCUT2D eigenvalue weighted by molar-refractivity contribution is 5.85. The molecule has 0 fully saturated rings. The Kier molecular flexibility index (Phi) is 11.5. The van der Waals surface area contributed by atoms with E-state index in [1.807, 2.05) is 24.3 Å². The fraction of sp³-hybridized carbons (Fsp3) is 0.550. The second-order valence-corrected chi connectivity index (χ2v) is 5.99. The summed E-state index contributed by atoms with van der Waals surface area (Å²) in [5.41, 5.74) is 0.851. The molecule has 0 amide bonds. The van der Waals surface area contributed by atoms with Crippen molar-refractivity contribution in [2.75, 3.05) is 13.2 Å². The maximum Gasteiger partial charge on any atom is 0.328 e. The molecule has 0 saturated heterocycles. The van der Waals surface area contributed by atoms with E-state index in [0.29, 0.717) is 6.61 Å². The number of unbranched alkanes of at least 4 members (excludes halogenated alkanes) is 8. The Balaban J connectivity index is 2.00. The molecule has 0 radical (unpaired) electrons. The number of carbonyl (C=O) groups is 1. The van der Waals surface area contributed by atoms with Crippen LogP contribution in [0.15, 0.2) is 30.3 Å². The highest BCUT2D eigenvalue weighted by Crippen LogP contribution is 2.14. The lowest BCUT2D eigenvalue weighted by Gasteiger charge is -2.06. The van der Waals surface area contributed by atoms with Gasteiger partial charge in [-0.1, -0.05) is 57.1 Å². The van der Waals surface area contributed by atoms with Gasteiger partial charge in [-0.25, -0.2) is 4.79 Å². The first-order valence-electron chi connectivity index (χ1n) is 8.97. The molecule has 1 aromatic rings. The molecular weight excluding hydrogens is 304 g/mol. The number of aliphatic hydroxyl groups excluding tert-OH is 1. The van der Waals surface area contributed by atoms with Crippen molar-refractivity contribution in [2.45, 2.75) is 57.8 Å². The molecule has 24 heavy (non-hydrogen) atoms. The van der Waals surface area contributed by atoms with Gasteiger partial charge in [0.1, 0.15) is 5.75 Å². The van der Waals surface area contributed by atoms with Crippen molar-refractivity contribution in [3.63, 3.8) is 0 Å². The van der Waals surface area contributed by atoms with Gasteiger partial charge in [-0.2, -0.15) is 0 Å². The highest BCUT2D eigenvalue weighted by atomic mass is 16.5. The minimum absolute atomic E-state index is 0.321. The molecule has 1 rings (SSSR count). The Morgan fingerprint density at radius 3 is 1.96 bits per heavy atom. The van der Waals surface area contributed by atoms with Gasteiger partial charge in [0.2, 0.25) is 0 Å². The number of carboxylic acids is 1. The van der Waals surface area contributed by atoms with Crippen molar-refractivity contribution in [3.05, 3.63) is 35.9 Å². The lowest BCUT2D eigenvalue weighted by Crippen LogP contribution is -1.97. The first kappa shape index (κ1) is 20.2. The predicted octanol–water partition coefficient (Wildman–Crippen LogP) is 4.67. The van der Waals surface area contributed by atoms with E-state index >= 15 is 0 Å². The van der Waals surface area contributed by atoms with Crippen LogP contribution in [0.25, 0.3) is 6.08 Å². The molecular formula is C20H30O4. The van der Waals surface area contributed by atoms with Gasteiger partial charge in [0.15, 0.2) is 0 Å². The molecule has 0 spiro atoms. The molecule has 0 aliphatic carbocycles. The van der Waals surface area contributed by atoms with Gasteiger partial charge in [-0.15, -0.1) is 0 Å². The number of aliphatic hydroxyl groups is 1. The number of ether oxygens (including phenoxy) is 1. The largest absolute Gasteiger partial charge is 0.494 e. The smallest absolute Gasteiger partial charge is 0.328 e. The molecule has 0 saturated carbocycles. The molecule has 0 aliphatic heterocycles. The summed E-state index contributed by atoms with van der Waals surface area (Å²) in [7, 11) is 0. The highest BCUT2D eigenvalue weighted by Gasteiger charge is 1.96. The van der Waals surface area contributed by atoms with Crippen molar-refractivity contribution in [2.24, 2.45) is 0 Å². The summed E-state index contributed by atoms with van der Waals surface area (Å²) in [5, 5.41) is 17.3. The molecule has 4 heteroatoms. The topological polar surface area (TPSA) is 66.8 Å². The first-order valence-corrected chi connectivity index (χ1v) is 8.97. The summed E-state index contributed by atoms with van der Waals surface area (Å²) in [4.78, 5) is 10.4. The molecule has 0 aromatic heterocycles. The van der Waals surface area contributed by atoms with E-state index < -0.39 is 5.97 Å².